The van der Waals surface area contributed by atoms with Crippen molar-refractivity contribution in [3.8, 4) is 17.2 Å². The number of carbonyl (C=O) groups is 3. The predicted octanol–water partition coefficient (Wildman–Crippen LogP) is 5.34. The Balaban J connectivity index is 2.00. The third-order valence-corrected chi connectivity index (χ3v) is 5.66. The van der Waals surface area contributed by atoms with Crippen molar-refractivity contribution in [3.05, 3.63) is 87.9 Å². The second kappa shape index (κ2) is 12.9. The minimum absolute atomic E-state index is 0.0643. The Hall–Kier alpha value is -4.17. The van der Waals surface area contributed by atoms with Crippen molar-refractivity contribution in [2.45, 2.75) is 33.2 Å². The first-order valence-corrected chi connectivity index (χ1v) is 12.2. The van der Waals surface area contributed by atoms with Crippen LogP contribution in [0.4, 0.5) is 0 Å². The van der Waals surface area contributed by atoms with Gasteiger partial charge in [-0.1, -0.05) is 55.3 Å². The number of aliphatic imine (C=N–C) groups is 1. The SMILES string of the molecule is COC(=O)C(Cc1ccc(O)cc1)N=Cc1cc(Cl)cc(OC(=O)c2ccc(C)cc2)c1OC(=O)C(C)C. The number of esters is 3. The number of rotatable bonds is 9. The molecular weight excluding hydrogens is 510 g/mol. The summed E-state index contributed by atoms with van der Waals surface area (Å²) in [7, 11) is 1.25. The van der Waals surface area contributed by atoms with Crippen LogP contribution >= 0.6 is 11.6 Å². The monoisotopic (exact) mass is 537 g/mol. The lowest BCUT2D eigenvalue weighted by Crippen LogP contribution is -2.23. The Morgan fingerprint density at radius 2 is 1.63 bits per heavy atom. The Labute approximate surface area is 225 Å². The molecule has 0 fully saturated rings. The first-order chi connectivity index (χ1) is 18.1. The number of ether oxygens (including phenoxy) is 3. The molecule has 3 aromatic rings. The van der Waals surface area contributed by atoms with Crippen LogP contribution in [-0.2, 0) is 20.7 Å². The molecule has 0 saturated heterocycles. The van der Waals surface area contributed by atoms with Crippen LogP contribution in [0.15, 0.2) is 65.7 Å². The van der Waals surface area contributed by atoms with Crippen LogP contribution in [0.2, 0.25) is 5.02 Å². The molecule has 9 heteroatoms. The van der Waals surface area contributed by atoms with E-state index >= 15 is 0 Å². The zero-order chi connectivity index (χ0) is 27.8. The number of methoxy groups -OCH3 is 1. The van der Waals surface area contributed by atoms with E-state index in [0.717, 1.165) is 11.1 Å². The zero-order valence-electron chi connectivity index (χ0n) is 21.4. The van der Waals surface area contributed by atoms with Gasteiger partial charge in [-0.05, 0) is 42.8 Å². The largest absolute Gasteiger partial charge is 0.508 e. The predicted molar refractivity (Wildman–Crippen MR) is 143 cm³/mol. The summed E-state index contributed by atoms with van der Waals surface area (Å²) in [6.07, 6.45) is 1.50. The van der Waals surface area contributed by atoms with Crippen LogP contribution in [0.25, 0.3) is 0 Å². The van der Waals surface area contributed by atoms with Crippen LogP contribution < -0.4 is 9.47 Å². The molecule has 0 aliphatic heterocycles. The molecule has 38 heavy (non-hydrogen) atoms. The molecule has 0 radical (unpaired) electrons. The molecule has 0 spiro atoms. The lowest BCUT2D eigenvalue weighted by atomic mass is 10.1. The number of aryl methyl sites for hydroxylation is 1. The molecule has 3 aromatic carbocycles. The highest BCUT2D eigenvalue weighted by atomic mass is 35.5. The third-order valence-electron chi connectivity index (χ3n) is 5.44. The lowest BCUT2D eigenvalue weighted by molar-refractivity contribution is -0.142. The van der Waals surface area contributed by atoms with Gasteiger partial charge in [0.2, 0.25) is 0 Å². The minimum Gasteiger partial charge on any atom is -0.508 e. The van der Waals surface area contributed by atoms with Gasteiger partial charge in [-0.2, -0.15) is 0 Å². The number of phenolic OH excluding ortho intramolecular Hbond substituents is 1. The summed E-state index contributed by atoms with van der Waals surface area (Å²) in [6, 6.07) is 15.0. The molecule has 198 valence electrons. The van der Waals surface area contributed by atoms with Gasteiger partial charge in [0.15, 0.2) is 17.5 Å². The quantitative estimate of drug-likeness (QED) is 0.223. The van der Waals surface area contributed by atoms with E-state index in [9.17, 15) is 19.5 Å². The van der Waals surface area contributed by atoms with Crippen LogP contribution in [-0.4, -0.2) is 42.4 Å². The first kappa shape index (κ1) is 28.4. The number of hydrogen-bond donors (Lipinski definition) is 1. The van der Waals surface area contributed by atoms with Gasteiger partial charge in [-0.25, -0.2) is 9.59 Å². The molecule has 1 atom stereocenters. The summed E-state index contributed by atoms with van der Waals surface area (Å²) in [5, 5.41) is 9.72. The van der Waals surface area contributed by atoms with Crippen LogP contribution in [0.1, 0.15) is 40.9 Å². The highest BCUT2D eigenvalue weighted by Gasteiger charge is 2.23. The fourth-order valence-electron chi connectivity index (χ4n) is 3.30. The molecule has 0 aromatic heterocycles. The molecule has 8 nitrogen and oxygen atoms in total. The van der Waals surface area contributed by atoms with Crippen LogP contribution in [0, 0.1) is 12.8 Å². The standard InChI is InChI=1S/C29H28ClNO7/c1-17(2)27(33)38-26-21(16-31-24(29(35)36-4)13-19-7-11-23(32)12-8-19)14-22(30)15-25(26)37-28(34)20-9-5-18(3)6-10-20/h5-12,14-17,24,32H,13H2,1-4H3. The van der Waals surface area contributed by atoms with Gasteiger partial charge in [0.25, 0.3) is 0 Å². The highest BCUT2D eigenvalue weighted by Crippen LogP contribution is 2.35. The first-order valence-electron chi connectivity index (χ1n) is 11.8. The maximum absolute atomic E-state index is 12.8. The van der Waals surface area contributed by atoms with Crippen molar-refractivity contribution in [1.29, 1.82) is 0 Å². The molecule has 0 amide bonds. The van der Waals surface area contributed by atoms with Gasteiger partial charge >= 0.3 is 17.9 Å². The Morgan fingerprint density at radius 1 is 0.974 bits per heavy atom. The van der Waals surface area contributed by atoms with E-state index in [2.05, 4.69) is 4.99 Å². The number of halogens is 1. The highest BCUT2D eigenvalue weighted by molar-refractivity contribution is 6.31. The van der Waals surface area contributed by atoms with Gasteiger partial charge in [0, 0.05) is 29.3 Å². The second-order valence-corrected chi connectivity index (χ2v) is 9.28. The van der Waals surface area contributed by atoms with Crippen molar-refractivity contribution >= 4 is 35.7 Å². The number of benzene rings is 3. The number of hydrogen-bond acceptors (Lipinski definition) is 8. The summed E-state index contributed by atoms with van der Waals surface area (Å²) in [6.45, 7) is 5.22. The molecule has 3 rings (SSSR count). The third kappa shape index (κ3) is 7.66. The normalized spacial score (nSPS) is 11.8. The van der Waals surface area contributed by atoms with E-state index in [-0.39, 0.29) is 34.3 Å². The fourth-order valence-corrected chi connectivity index (χ4v) is 3.51. The van der Waals surface area contributed by atoms with E-state index < -0.39 is 29.9 Å². The van der Waals surface area contributed by atoms with E-state index in [1.807, 2.05) is 6.92 Å². The molecule has 1 unspecified atom stereocenters. The smallest absolute Gasteiger partial charge is 0.343 e. The zero-order valence-corrected chi connectivity index (χ0v) is 22.2. The molecule has 0 bridgehead atoms. The fraction of sp³-hybridized carbons (Fsp3) is 0.241. The van der Waals surface area contributed by atoms with Gasteiger partial charge in [-0.15, -0.1) is 0 Å². The summed E-state index contributed by atoms with van der Waals surface area (Å²) in [5.74, 6) is -2.36. The van der Waals surface area contributed by atoms with E-state index in [0.29, 0.717) is 5.56 Å². The second-order valence-electron chi connectivity index (χ2n) is 8.84. The lowest BCUT2D eigenvalue weighted by Gasteiger charge is -2.15. The van der Waals surface area contributed by atoms with Gasteiger partial charge in [-0.3, -0.25) is 9.79 Å². The average Bonchev–Trinajstić information content (AvgIpc) is 2.88. The number of carbonyl (C=O) groups excluding carboxylic acids is 3. The number of aromatic hydroxyl groups is 1. The van der Waals surface area contributed by atoms with E-state index in [4.69, 9.17) is 25.8 Å². The van der Waals surface area contributed by atoms with E-state index in [1.54, 1.807) is 50.2 Å². The van der Waals surface area contributed by atoms with Crippen molar-refractivity contribution in [1.82, 2.24) is 0 Å². The maximum atomic E-state index is 12.8. The Bertz CT molecular complexity index is 1330. The summed E-state index contributed by atoms with van der Waals surface area (Å²) in [4.78, 5) is 42.2. The molecule has 1 N–H and O–H groups in total. The maximum Gasteiger partial charge on any atom is 0.343 e. The summed E-state index contributed by atoms with van der Waals surface area (Å²) in [5.41, 5.74) is 2.23. The topological polar surface area (TPSA) is 111 Å². The van der Waals surface area contributed by atoms with Crippen molar-refractivity contribution in [2.24, 2.45) is 10.9 Å². The molecule has 0 saturated carbocycles. The van der Waals surface area contributed by atoms with Crippen LogP contribution in [0.3, 0.4) is 0 Å². The minimum atomic E-state index is -0.948. The van der Waals surface area contributed by atoms with Crippen molar-refractivity contribution in [2.75, 3.05) is 7.11 Å². The van der Waals surface area contributed by atoms with Crippen molar-refractivity contribution < 1.29 is 33.7 Å². The molecule has 0 heterocycles. The van der Waals surface area contributed by atoms with Gasteiger partial charge in [0.05, 0.1) is 18.6 Å². The molecule has 0 aliphatic rings. The number of nitrogens with zero attached hydrogens (tertiary/aromatic N) is 1. The summed E-state index contributed by atoms with van der Waals surface area (Å²) >= 11 is 6.31. The van der Waals surface area contributed by atoms with Crippen LogP contribution in [0.5, 0.6) is 17.2 Å². The molecular formula is C29H28ClNO7. The molecule has 0 aliphatic carbocycles. The summed E-state index contributed by atoms with van der Waals surface area (Å²) < 4.78 is 16.1. The van der Waals surface area contributed by atoms with Crippen molar-refractivity contribution in [3.63, 3.8) is 0 Å². The number of phenols is 1. The Kier molecular flexibility index (Phi) is 9.62. The van der Waals surface area contributed by atoms with E-state index in [1.165, 1.54) is 37.6 Å². The van der Waals surface area contributed by atoms with Gasteiger partial charge in [0.1, 0.15) is 5.75 Å². The average molecular weight is 538 g/mol. The van der Waals surface area contributed by atoms with Gasteiger partial charge < -0.3 is 19.3 Å². The Morgan fingerprint density at radius 3 is 2.24 bits per heavy atom.